The molecule has 7 nitrogen and oxygen atoms in total. The molecule has 0 saturated carbocycles. The van der Waals surface area contributed by atoms with Crippen molar-refractivity contribution < 1.29 is 92.4 Å². The van der Waals surface area contributed by atoms with Crippen LogP contribution in [-0.2, 0) is 22.1 Å². The van der Waals surface area contributed by atoms with Crippen LogP contribution in [0.25, 0.3) is 0 Å². The molecule has 2 unspecified atom stereocenters. The van der Waals surface area contributed by atoms with E-state index in [0.717, 1.165) is 24.9 Å². The summed E-state index contributed by atoms with van der Waals surface area (Å²) in [6.45, 7) is 3.08. The molecule has 0 amide bonds. The van der Waals surface area contributed by atoms with Gasteiger partial charge in [-0.25, -0.2) is 4.57 Å². The molecular formula is C24H43NNa2O6P2. The third-order valence-corrected chi connectivity index (χ3v) is 9.85. The number of aryl methyl sites for hydroxylation is 2. The molecule has 1 rings (SSSR count). The number of nitrogens with zero attached hydrogens (tertiary/aromatic N) is 1. The van der Waals surface area contributed by atoms with E-state index in [4.69, 9.17) is 4.89 Å². The van der Waals surface area contributed by atoms with Crippen molar-refractivity contribution in [1.82, 2.24) is 0 Å². The van der Waals surface area contributed by atoms with Crippen LogP contribution in [0.5, 0.6) is 0 Å². The summed E-state index contributed by atoms with van der Waals surface area (Å²) in [7, 11) is -10.7. The van der Waals surface area contributed by atoms with Crippen molar-refractivity contribution in [3.05, 3.63) is 30.1 Å². The van der Waals surface area contributed by atoms with Crippen LogP contribution in [0.15, 0.2) is 24.5 Å². The Bertz CT molecular complexity index is 722. The maximum atomic E-state index is 11.2. The number of hydrogen-bond acceptors (Lipinski definition) is 5. The third kappa shape index (κ3) is 20.1. The number of pyridine rings is 1. The topological polar surface area (TPSA) is 127 Å². The minimum Gasteiger partial charge on any atom is -0.810 e. The smallest absolute Gasteiger partial charge is 0.810 e. The predicted molar refractivity (Wildman–Crippen MR) is 126 cm³/mol. The zero-order valence-electron chi connectivity index (χ0n) is 22.2. The summed E-state index contributed by atoms with van der Waals surface area (Å²) in [6, 6.07) is 3.57. The SMILES string of the molecule is CCCCCCCCCCCCCCCC[n+]1cccc(CCC(P(=O)([O-])[O-])P(=O)([O-])O)c1.[Na+].[Na+]. The average molecular weight is 550 g/mol. The van der Waals surface area contributed by atoms with Gasteiger partial charge in [0.15, 0.2) is 12.4 Å². The molecule has 1 aromatic heterocycles. The van der Waals surface area contributed by atoms with Crippen molar-refractivity contribution in [2.75, 3.05) is 0 Å². The maximum absolute atomic E-state index is 11.2. The van der Waals surface area contributed by atoms with E-state index >= 15 is 0 Å². The van der Waals surface area contributed by atoms with Crippen LogP contribution in [0.2, 0.25) is 0 Å². The first-order chi connectivity index (χ1) is 15.6. The van der Waals surface area contributed by atoms with Crippen LogP contribution in [0, 0.1) is 0 Å². The van der Waals surface area contributed by atoms with Crippen molar-refractivity contribution in [2.45, 2.75) is 122 Å². The van der Waals surface area contributed by atoms with Crippen LogP contribution >= 0.6 is 15.2 Å². The summed E-state index contributed by atoms with van der Waals surface area (Å²) in [6.07, 6.45) is 21.7. The third-order valence-electron chi connectivity index (χ3n) is 6.12. The van der Waals surface area contributed by atoms with Crippen LogP contribution in [0.1, 0.15) is 109 Å². The number of unbranched alkanes of at least 4 members (excludes halogenated alkanes) is 13. The molecule has 0 fully saturated rings. The summed E-state index contributed by atoms with van der Waals surface area (Å²) in [5, 5.41) is -2.27. The van der Waals surface area contributed by atoms with E-state index < -0.39 is 27.0 Å². The van der Waals surface area contributed by atoms with Gasteiger partial charge in [0, 0.05) is 18.1 Å². The van der Waals surface area contributed by atoms with Crippen LogP contribution in [0.3, 0.4) is 0 Å². The van der Waals surface area contributed by atoms with E-state index in [1.165, 1.54) is 77.0 Å². The van der Waals surface area contributed by atoms with Crippen LogP contribution < -0.4 is 78.4 Å². The summed E-state index contributed by atoms with van der Waals surface area (Å²) >= 11 is 0. The zero-order chi connectivity index (χ0) is 24.6. The van der Waals surface area contributed by atoms with Gasteiger partial charge in [-0.15, -0.1) is 0 Å². The largest absolute Gasteiger partial charge is 1.00 e. The normalized spacial score (nSPS) is 14.0. The molecule has 35 heavy (non-hydrogen) atoms. The molecule has 0 aliphatic heterocycles. The molecule has 192 valence electrons. The maximum Gasteiger partial charge on any atom is 1.00 e. The van der Waals surface area contributed by atoms with Gasteiger partial charge in [-0.1, -0.05) is 91.6 Å². The van der Waals surface area contributed by atoms with E-state index in [0.29, 0.717) is 0 Å². The Balaban J connectivity index is 0. The van der Waals surface area contributed by atoms with E-state index in [-0.39, 0.29) is 65.5 Å². The first-order valence-corrected chi connectivity index (χ1v) is 15.9. The molecule has 1 aromatic rings. The minimum absolute atomic E-state index is 0. The summed E-state index contributed by atoms with van der Waals surface area (Å²) in [4.78, 5) is 42.6. The van der Waals surface area contributed by atoms with E-state index in [9.17, 15) is 23.8 Å². The van der Waals surface area contributed by atoms with Crippen molar-refractivity contribution in [3.8, 4) is 0 Å². The second-order valence-electron chi connectivity index (χ2n) is 9.17. The molecule has 0 spiro atoms. The van der Waals surface area contributed by atoms with Gasteiger partial charge in [-0.2, -0.15) is 0 Å². The predicted octanol–water partition coefficient (Wildman–Crippen LogP) is -1.82. The fourth-order valence-electron chi connectivity index (χ4n) is 4.15. The molecule has 0 radical (unpaired) electrons. The van der Waals surface area contributed by atoms with Crippen molar-refractivity contribution in [3.63, 3.8) is 0 Å². The van der Waals surface area contributed by atoms with Crippen LogP contribution in [0.4, 0.5) is 0 Å². The second kappa shape index (κ2) is 22.3. The quantitative estimate of drug-likeness (QED) is 0.0884. The van der Waals surface area contributed by atoms with Gasteiger partial charge >= 0.3 is 59.1 Å². The summed E-state index contributed by atoms with van der Waals surface area (Å²) < 4.78 is 24.4. The number of aromatic nitrogens is 1. The van der Waals surface area contributed by atoms with Crippen molar-refractivity contribution >= 4 is 15.2 Å². The van der Waals surface area contributed by atoms with E-state index in [1.54, 1.807) is 6.07 Å². The summed E-state index contributed by atoms with van der Waals surface area (Å²) in [5.41, 5.74) is 0.731. The Labute approximate surface area is 257 Å². The molecule has 0 bridgehead atoms. The zero-order valence-corrected chi connectivity index (χ0v) is 28.0. The summed E-state index contributed by atoms with van der Waals surface area (Å²) in [5.74, 6) is 0. The fraction of sp³-hybridized carbons (Fsp3) is 0.792. The molecule has 0 aliphatic rings. The fourth-order valence-corrected chi connectivity index (χ4v) is 6.48. The second-order valence-corrected chi connectivity index (χ2v) is 13.0. The molecule has 11 heteroatoms. The Morgan fingerprint density at radius 1 is 0.829 bits per heavy atom. The van der Waals surface area contributed by atoms with Gasteiger partial charge < -0.3 is 28.7 Å². The molecule has 0 saturated heterocycles. The minimum atomic E-state index is -5.42. The van der Waals surface area contributed by atoms with Gasteiger partial charge in [0.25, 0.3) is 0 Å². The molecule has 1 heterocycles. The number of hydrogen-bond donors (Lipinski definition) is 1. The van der Waals surface area contributed by atoms with Crippen molar-refractivity contribution in [1.29, 1.82) is 0 Å². The van der Waals surface area contributed by atoms with Crippen LogP contribution in [-0.4, -0.2) is 10.3 Å². The first-order valence-electron chi connectivity index (χ1n) is 12.7. The van der Waals surface area contributed by atoms with Gasteiger partial charge in [0.1, 0.15) is 14.1 Å². The van der Waals surface area contributed by atoms with Gasteiger partial charge in [-0.05, 0) is 25.3 Å². The molecule has 0 aromatic carbocycles. The Kier molecular flexibility index (Phi) is 24.6. The molecular weight excluding hydrogens is 506 g/mol. The van der Waals surface area contributed by atoms with E-state index in [2.05, 4.69) is 6.92 Å². The van der Waals surface area contributed by atoms with Gasteiger partial charge in [-0.3, -0.25) is 0 Å². The first kappa shape index (κ1) is 38.6. The Hall–Kier alpha value is 1.45. The number of rotatable bonds is 20. The molecule has 2 atom stereocenters. The van der Waals surface area contributed by atoms with E-state index in [1.807, 2.05) is 23.0 Å². The average Bonchev–Trinajstić information content (AvgIpc) is 2.72. The Morgan fingerprint density at radius 2 is 1.29 bits per heavy atom. The van der Waals surface area contributed by atoms with Gasteiger partial charge in [0.05, 0.1) is 5.40 Å². The standard InChI is InChI=1S/C24H45NO6P2.2Na/c1-2-3-4-5-6-7-8-9-10-11-12-13-14-15-20-25-21-16-17-23(22-25)18-19-24(32(26,27)28)33(29,30)31;;/h16-17,21-22,24H,2-15,18-20H2,1H3,(H3-,26,27,28,29,30,31);;/q;2*+1/p-2. The molecule has 1 N–H and O–H groups in total. The Morgan fingerprint density at radius 3 is 1.71 bits per heavy atom. The monoisotopic (exact) mass is 549 g/mol. The van der Waals surface area contributed by atoms with Gasteiger partial charge in [0.2, 0.25) is 0 Å². The molecule has 0 aliphatic carbocycles. The van der Waals surface area contributed by atoms with Crippen molar-refractivity contribution in [2.24, 2.45) is 0 Å².